The largest absolute Gasteiger partial charge is 0.481 e. The number of rotatable bonds is 6. The number of aliphatic carboxylic acids is 1. The van der Waals surface area contributed by atoms with E-state index in [4.69, 9.17) is 4.74 Å². The molecule has 2 N–H and O–H groups in total. The molecule has 1 aliphatic heterocycles. The minimum absolute atomic E-state index is 0.0938. The van der Waals surface area contributed by atoms with Gasteiger partial charge in [0.05, 0.1) is 5.92 Å². The normalized spacial score (nSPS) is 18.6. The van der Waals surface area contributed by atoms with Gasteiger partial charge in [0.1, 0.15) is 17.3 Å². The quantitative estimate of drug-likeness (QED) is 0.615. The Morgan fingerprint density at radius 1 is 1.10 bits per heavy atom. The maximum atomic E-state index is 11.3. The first-order chi connectivity index (χ1) is 14.6. The third-order valence-corrected chi connectivity index (χ3v) is 5.29. The highest BCUT2D eigenvalue weighted by molar-refractivity contribution is 5.71. The Balaban J connectivity index is 1.47. The molecular formula is C23H24N4O3. The molecule has 0 aliphatic carbocycles. The van der Waals surface area contributed by atoms with Crippen molar-refractivity contribution < 1.29 is 14.6 Å². The summed E-state index contributed by atoms with van der Waals surface area (Å²) < 4.78 is 6.08. The number of carboxylic acids is 1. The number of hydrogen-bond acceptors (Lipinski definition) is 6. The Morgan fingerprint density at radius 3 is 2.60 bits per heavy atom. The van der Waals surface area contributed by atoms with Crippen molar-refractivity contribution in [2.24, 2.45) is 5.92 Å². The van der Waals surface area contributed by atoms with Crippen LogP contribution in [0.3, 0.4) is 0 Å². The minimum atomic E-state index is -0.719. The summed E-state index contributed by atoms with van der Waals surface area (Å²) in [6.45, 7) is 2.71. The van der Waals surface area contributed by atoms with Crippen molar-refractivity contribution in [1.29, 1.82) is 0 Å². The van der Waals surface area contributed by atoms with Crippen LogP contribution in [0.25, 0.3) is 0 Å². The number of pyridine rings is 2. The lowest BCUT2D eigenvalue weighted by Crippen LogP contribution is -2.43. The van der Waals surface area contributed by atoms with E-state index in [2.05, 4.69) is 20.2 Å². The molecule has 0 amide bonds. The SMILES string of the molecule is CC1CC(C(=O)O)CCN1c1cccnc1Oc1ccc(Nc2ccccn2)cc1. The van der Waals surface area contributed by atoms with E-state index in [1.165, 1.54) is 0 Å². The Bertz CT molecular complexity index is 995. The highest BCUT2D eigenvalue weighted by Gasteiger charge is 2.31. The number of carbonyl (C=O) groups is 1. The molecule has 2 atom stereocenters. The summed E-state index contributed by atoms with van der Waals surface area (Å²) in [5.74, 6) is 0.954. The van der Waals surface area contributed by atoms with Gasteiger partial charge in [-0.3, -0.25) is 4.79 Å². The third-order valence-electron chi connectivity index (χ3n) is 5.29. The van der Waals surface area contributed by atoms with Crippen molar-refractivity contribution in [3.63, 3.8) is 0 Å². The summed E-state index contributed by atoms with van der Waals surface area (Å²) in [6, 6.07) is 17.2. The fourth-order valence-corrected chi connectivity index (χ4v) is 3.74. The second-order valence-electron chi connectivity index (χ2n) is 7.40. The summed E-state index contributed by atoms with van der Waals surface area (Å²) in [5, 5.41) is 12.6. The van der Waals surface area contributed by atoms with E-state index in [-0.39, 0.29) is 12.0 Å². The summed E-state index contributed by atoms with van der Waals surface area (Å²) >= 11 is 0. The van der Waals surface area contributed by atoms with Gasteiger partial charge in [-0.05, 0) is 68.3 Å². The predicted octanol–water partition coefficient (Wildman–Crippen LogP) is 4.70. The molecule has 0 bridgehead atoms. The van der Waals surface area contributed by atoms with Gasteiger partial charge in [0.25, 0.3) is 0 Å². The van der Waals surface area contributed by atoms with Crippen LogP contribution in [-0.2, 0) is 4.79 Å². The van der Waals surface area contributed by atoms with Crippen LogP contribution in [0.15, 0.2) is 67.0 Å². The number of hydrogen-bond donors (Lipinski definition) is 2. The lowest BCUT2D eigenvalue weighted by Gasteiger charge is -2.38. The van der Waals surface area contributed by atoms with Gasteiger partial charge in [-0.1, -0.05) is 6.07 Å². The first-order valence-corrected chi connectivity index (χ1v) is 10.0. The van der Waals surface area contributed by atoms with E-state index >= 15 is 0 Å². The third kappa shape index (κ3) is 4.51. The van der Waals surface area contributed by atoms with Gasteiger partial charge in [-0.25, -0.2) is 9.97 Å². The molecule has 1 saturated heterocycles. The van der Waals surface area contributed by atoms with Crippen LogP contribution in [0.2, 0.25) is 0 Å². The van der Waals surface area contributed by atoms with E-state index in [1.54, 1.807) is 12.4 Å². The van der Waals surface area contributed by atoms with Gasteiger partial charge < -0.3 is 20.1 Å². The van der Waals surface area contributed by atoms with Crippen LogP contribution in [-0.4, -0.2) is 33.6 Å². The van der Waals surface area contributed by atoms with Gasteiger partial charge in [0.2, 0.25) is 5.88 Å². The van der Waals surface area contributed by atoms with Gasteiger partial charge in [0.15, 0.2) is 0 Å². The number of anilines is 3. The topological polar surface area (TPSA) is 87.6 Å². The fourth-order valence-electron chi connectivity index (χ4n) is 3.74. The molecule has 1 aromatic carbocycles. The predicted molar refractivity (Wildman–Crippen MR) is 115 cm³/mol. The highest BCUT2D eigenvalue weighted by Crippen LogP contribution is 2.35. The summed E-state index contributed by atoms with van der Waals surface area (Å²) in [4.78, 5) is 22.2. The Kier molecular flexibility index (Phi) is 5.79. The van der Waals surface area contributed by atoms with Gasteiger partial charge >= 0.3 is 5.97 Å². The van der Waals surface area contributed by atoms with Crippen LogP contribution < -0.4 is 15.0 Å². The Hall–Kier alpha value is -3.61. The molecule has 2 unspecified atom stereocenters. The molecule has 0 spiro atoms. The molecule has 0 radical (unpaired) electrons. The highest BCUT2D eigenvalue weighted by atomic mass is 16.5. The maximum Gasteiger partial charge on any atom is 0.306 e. The van der Waals surface area contributed by atoms with Crippen LogP contribution in [0, 0.1) is 5.92 Å². The molecular weight excluding hydrogens is 380 g/mol. The van der Waals surface area contributed by atoms with Crippen LogP contribution in [0.5, 0.6) is 11.6 Å². The van der Waals surface area contributed by atoms with Crippen molar-refractivity contribution in [3.8, 4) is 11.6 Å². The zero-order valence-electron chi connectivity index (χ0n) is 16.7. The van der Waals surface area contributed by atoms with E-state index < -0.39 is 5.97 Å². The number of aromatic nitrogens is 2. The van der Waals surface area contributed by atoms with Crippen LogP contribution >= 0.6 is 0 Å². The Labute approximate surface area is 175 Å². The molecule has 2 aromatic heterocycles. The molecule has 1 fully saturated rings. The zero-order chi connectivity index (χ0) is 20.9. The summed E-state index contributed by atoms with van der Waals surface area (Å²) in [6.07, 6.45) is 4.66. The average molecular weight is 404 g/mol. The Morgan fingerprint density at radius 2 is 1.90 bits per heavy atom. The molecule has 0 saturated carbocycles. The molecule has 7 heteroatoms. The van der Waals surface area contributed by atoms with Gasteiger partial charge in [-0.2, -0.15) is 0 Å². The van der Waals surface area contributed by atoms with Crippen LogP contribution in [0.4, 0.5) is 17.2 Å². The summed E-state index contributed by atoms with van der Waals surface area (Å²) in [5.41, 5.74) is 1.79. The lowest BCUT2D eigenvalue weighted by atomic mass is 9.91. The fraction of sp³-hybridized carbons (Fsp3) is 0.261. The van der Waals surface area contributed by atoms with Gasteiger partial charge in [-0.15, -0.1) is 0 Å². The molecule has 30 heavy (non-hydrogen) atoms. The first-order valence-electron chi connectivity index (χ1n) is 10.0. The average Bonchev–Trinajstić information content (AvgIpc) is 2.76. The van der Waals surface area contributed by atoms with E-state index in [0.717, 1.165) is 17.2 Å². The minimum Gasteiger partial charge on any atom is -0.481 e. The number of benzene rings is 1. The lowest BCUT2D eigenvalue weighted by molar-refractivity contribution is -0.142. The van der Waals surface area contributed by atoms with Crippen molar-refractivity contribution >= 4 is 23.2 Å². The smallest absolute Gasteiger partial charge is 0.306 e. The first kappa shape index (κ1) is 19.7. The monoisotopic (exact) mass is 404 g/mol. The maximum absolute atomic E-state index is 11.3. The van der Waals surface area contributed by atoms with E-state index in [1.807, 2.05) is 61.5 Å². The number of carboxylic acid groups (broad SMARTS) is 1. The second-order valence-corrected chi connectivity index (χ2v) is 7.40. The number of nitrogens with one attached hydrogen (secondary N) is 1. The van der Waals surface area contributed by atoms with Crippen molar-refractivity contribution in [2.45, 2.75) is 25.8 Å². The molecule has 3 aromatic rings. The van der Waals surface area contributed by atoms with Crippen molar-refractivity contribution in [3.05, 3.63) is 67.0 Å². The molecule has 4 rings (SSSR count). The number of nitrogens with zero attached hydrogens (tertiary/aromatic N) is 3. The molecule has 1 aliphatic rings. The molecule has 3 heterocycles. The van der Waals surface area contributed by atoms with Gasteiger partial charge in [0, 0.05) is 30.7 Å². The van der Waals surface area contributed by atoms with Crippen LogP contribution in [0.1, 0.15) is 19.8 Å². The van der Waals surface area contributed by atoms with Crippen molar-refractivity contribution in [2.75, 3.05) is 16.8 Å². The second kappa shape index (κ2) is 8.82. The molecule has 7 nitrogen and oxygen atoms in total. The van der Waals surface area contributed by atoms with Crippen molar-refractivity contribution in [1.82, 2.24) is 9.97 Å². The standard InChI is InChI=1S/C23H24N4O3/c1-16-15-17(23(28)29)11-14-27(16)20-5-4-13-25-22(20)30-19-9-7-18(8-10-19)26-21-6-2-3-12-24-21/h2-10,12-13,16-17H,11,14-15H2,1H3,(H,24,26)(H,28,29). The summed E-state index contributed by atoms with van der Waals surface area (Å²) in [7, 11) is 0. The number of ether oxygens (including phenoxy) is 1. The van der Waals surface area contributed by atoms with E-state index in [0.29, 0.717) is 31.0 Å². The zero-order valence-corrected chi connectivity index (χ0v) is 16.7. The molecule has 154 valence electrons. The van der Waals surface area contributed by atoms with E-state index in [9.17, 15) is 9.90 Å². The number of piperidine rings is 1.